The van der Waals surface area contributed by atoms with E-state index in [9.17, 15) is 4.79 Å². The number of hydrogen-bond donors (Lipinski definition) is 1. The van der Waals surface area contributed by atoms with Crippen LogP contribution in [0.1, 0.15) is 44.9 Å². The molecule has 1 amide bonds. The summed E-state index contributed by atoms with van der Waals surface area (Å²) in [5.41, 5.74) is 0. The quantitative estimate of drug-likeness (QED) is 0.780. The van der Waals surface area contributed by atoms with E-state index in [1.165, 1.54) is 32.1 Å². The van der Waals surface area contributed by atoms with E-state index in [1.807, 2.05) is 4.90 Å². The summed E-state index contributed by atoms with van der Waals surface area (Å²) in [4.78, 5) is 16.5. The molecule has 0 bridgehead atoms. The highest BCUT2D eigenvalue weighted by molar-refractivity contribution is 7.80. The summed E-state index contributed by atoms with van der Waals surface area (Å²) in [5.74, 6) is 0.170. The predicted octanol–water partition coefficient (Wildman–Crippen LogP) is 1.52. The van der Waals surface area contributed by atoms with Crippen molar-refractivity contribution in [2.24, 2.45) is 0 Å². The van der Waals surface area contributed by atoms with Crippen molar-refractivity contribution in [2.75, 3.05) is 32.8 Å². The van der Waals surface area contributed by atoms with Crippen LogP contribution in [0.4, 0.5) is 0 Å². The van der Waals surface area contributed by atoms with Crippen molar-refractivity contribution in [1.82, 2.24) is 15.1 Å². The van der Waals surface area contributed by atoms with Crippen molar-refractivity contribution < 1.29 is 9.53 Å². The molecule has 0 radical (unpaired) electrons. The van der Waals surface area contributed by atoms with Crippen LogP contribution in [0.5, 0.6) is 0 Å². The van der Waals surface area contributed by atoms with Crippen LogP contribution in [0.25, 0.3) is 0 Å². The van der Waals surface area contributed by atoms with E-state index in [1.54, 1.807) is 0 Å². The summed E-state index contributed by atoms with van der Waals surface area (Å²) in [7, 11) is 0. The topological polar surface area (TPSA) is 44.8 Å². The molecule has 124 valence electrons. The van der Waals surface area contributed by atoms with Crippen LogP contribution in [0.15, 0.2) is 0 Å². The first-order valence-electron chi connectivity index (χ1n) is 8.70. The highest BCUT2D eigenvalue weighted by Gasteiger charge is 2.31. The molecule has 2 heterocycles. The van der Waals surface area contributed by atoms with Crippen molar-refractivity contribution in [3.63, 3.8) is 0 Å². The summed E-state index contributed by atoms with van der Waals surface area (Å²) >= 11 is 5.55. The van der Waals surface area contributed by atoms with E-state index in [2.05, 4.69) is 10.2 Å². The molecule has 0 aromatic carbocycles. The number of piperazine rings is 1. The Morgan fingerprint density at radius 3 is 2.27 bits per heavy atom. The van der Waals surface area contributed by atoms with Gasteiger partial charge >= 0.3 is 0 Å². The number of rotatable bonds is 2. The maximum atomic E-state index is 12.3. The number of nitrogens with zero attached hydrogens (tertiary/aromatic N) is 2. The molecule has 3 aliphatic rings. The van der Waals surface area contributed by atoms with Gasteiger partial charge in [-0.15, -0.1) is 0 Å². The molecule has 0 aromatic heterocycles. The molecule has 5 nitrogen and oxygen atoms in total. The van der Waals surface area contributed by atoms with Crippen LogP contribution in [0.3, 0.4) is 0 Å². The zero-order valence-electron chi connectivity index (χ0n) is 13.3. The first kappa shape index (κ1) is 16.0. The third kappa shape index (κ3) is 3.90. The van der Waals surface area contributed by atoms with Crippen molar-refractivity contribution in [3.8, 4) is 0 Å². The van der Waals surface area contributed by atoms with Gasteiger partial charge in [0.1, 0.15) is 6.10 Å². The Kier molecular flexibility index (Phi) is 5.52. The van der Waals surface area contributed by atoms with Gasteiger partial charge in [-0.1, -0.05) is 19.3 Å². The van der Waals surface area contributed by atoms with Gasteiger partial charge in [0, 0.05) is 38.8 Å². The van der Waals surface area contributed by atoms with Gasteiger partial charge in [-0.3, -0.25) is 4.79 Å². The Bertz CT molecular complexity index is 398. The van der Waals surface area contributed by atoms with E-state index in [-0.39, 0.29) is 12.0 Å². The number of amides is 1. The fourth-order valence-corrected chi connectivity index (χ4v) is 3.97. The van der Waals surface area contributed by atoms with Gasteiger partial charge in [0.05, 0.1) is 0 Å². The third-order valence-corrected chi connectivity index (χ3v) is 5.39. The number of thiocarbonyl (C=S) groups is 1. The van der Waals surface area contributed by atoms with Gasteiger partial charge in [-0.2, -0.15) is 0 Å². The molecule has 1 aliphatic carbocycles. The summed E-state index contributed by atoms with van der Waals surface area (Å²) in [6.45, 7) is 3.90. The van der Waals surface area contributed by atoms with Crippen LogP contribution in [0.2, 0.25) is 0 Å². The lowest BCUT2D eigenvalue weighted by atomic mass is 9.96. The Labute approximate surface area is 138 Å². The highest BCUT2D eigenvalue weighted by Crippen LogP contribution is 2.18. The van der Waals surface area contributed by atoms with Crippen molar-refractivity contribution in [2.45, 2.75) is 57.1 Å². The molecule has 1 saturated carbocycles. The fraction of sp³-hybridized carbons (Fsp3) is 0.875. The van der Waals surface area contributed by atoms with Gasteiger partial charge in [-0.05, 0) is 37.9 Å². The molecule has 1 N–H and O–H groups in total. The minimum absolute atomic E-state index is 0.170. The number of carbonyl (C=O) groups excluding carboxylic acids is 1. The molecule has 6 heteroatoms. The maximum absolute atomic E-state index is 12.3. The van der Waals surface area contributed by atoms with E-state index in [0.717, 1.165) is 50.7 Å². The molecular formula is C16H27N3O2S. The highest BCUT2D eigenvalue weighted by atomic mass is 32.1. The molecule has 3 rings (SSSR count). The lowest BCUT2D eigenvalue weighted by molar-refractivity contribution is -0.142. The molecule has 2 saturated heterocycles. The van der Waals surface area contributed by atoms with E-state index in [4.69, 9.17) is 17.0 Å². The van der Waals surface area contributed by atoms with Crippen molar-refractivity contribution >= 4 is 23.2 Å². The second kappa shape index (κ2) is 7.59. The van der Waals surface area contributed by atoms with Crippen LogP contribution in [-0.4, -0.2) is 65.8 Å². The van der Waals surface area contributed by atoms with Gasteiger partial charge in [0.25, 0.3) is 5.91 Å². The second-order valence-electron chi connectivity index (χ2n) is 6.60. The summed E-state index contributed by atoms with van der Waals surface area (Å²) < 4.78 is 5.50. The van der Waals surface area contributed by atoms with Gasteiger partial charge in [0.2, 0.25) is 0 Å². The zero-order chi connectivity index (χ0) is 15.4. The summed E-state index contributed by atoms with van der Waals surface area (Å²) in [6, 6.07) is 0.549. The third-order valence-electron chi connectivity index (χ3n) is 5.02. The van der Waals surface area contributed by atoms with Gasteiger partial charge in [-0.25, -0.2) is 0 Å². The molecular weight excluding hydrogens is 298 g/mol. The molecule has 22 heavy (non-hydrogen) atoms. The fourth-order valence-electron chi connectivity index (χ4n) is 3.62. The average molecular weight is 325 g/mol. The minimum atomic E-state index is -0.195. The smallest absolute Gasteiger partial charge is 0.251 e. The van der Waals surface area contributed by atoms with Crippen LogP contribution < -0.4 is 5.32 Å². The Hall–Kier alpha value is -0.880. The lowest BCUT2D eigenvalue weighted by Gasteiger charge is -2.38. The SMILES string of the molecule is O=C(C1CCCO1)N1CCN(C(=S)NC2CCCCC2)CC1. The first-order valence-corrected chi connectivity index (χ1v) is 9.11. The van der Waals surface area contributed by atoms with Crippen LogP contribution in [0, 0.1) is 0 Å². The van der Waals surface area contributed by atoms with Gasteiger partial charge in [0.15, 0.2) is 5.11 Å². The zero-order valence-corrected chi connectivity index (χ0v) is 14.1. The Morgan fingerprint density at radius 2 is 1.64 bits per heavy atom. The molecule has 1 unspecified atom stereocenters. The Morgan fingerprint density at radius 1 is 0.955 bits per heavy atom. The largest absolute Gasteiger partial charge is 0.368 e. The normalized spacial score (nSPS) is 27.0. The summed E-state index contributed by atoms with van der Waals surface area (Å²) in [6.07, 6.45) is 8.13. The van der Waals surface area contributed by atoms with Crippen LogP contribution in [-0.2, 0) is 9.53 Å². The molecule has 0 aromatic rings. The van der Waals surface area contributed by atoms with Crippen molar-refractivity contribution in [3.05, 3.63) is 0 Å². The maximum Gasteiger partial charge on any atom is 0.251 e. The van der Waals surface area contributed by atoms with Crippen molar-refractivity contribution in [1.29, 1.82) is 0 Å². The average Bonchev–Trinajstić information content (AvgIpc) is 3.10. The molecule has 1 atom stereocenters. The number of hydrogen-bond acceptors (Lipinski definition) is 3. The molecule has 0 spiro atoms. The Balaban J connectivity index is 1.42. The predicted molar refractivity (Wildman–Crippen MR) is 89.7 cm³/mol. The van der Waals surface area contributed by atoms with Gasteiger partial charge < -0.3 is 19.9 Å². The number of nitrogens with one attached hydrogen (secondary N) is 1. The minimum Gasteiger partial charge on any atom is -0.368 e. The van der Waals surface area contributed by atoms with E-state index >= 15 is 0 Å². The number of carbonyl (C=O) groups is 1. The second-order valence-corrected chi connectivity index (χ2v) is 6.99. The monoisotopic (exact) mass is 325 g/mol. The number of ether oxygens (including phenoxy) is 1. The van der Waals surface area contributed by atoms with Crippen LogP contribution >= 0.6 is 12.2 Å². The summed E-state index contributed by atoms with van der Waals surface area (Å²) in [5, 5.41) is 4.39. The standard InChI is InChI=1S/C16H27N3O2S/c20-15(14-7-4-12-21-14)18-8-10-19(11-9-18)16(22)17-13-5-2-1-3-6-13/h13-14H,1-12H2,(H,17,22). The van der Waals surface area contributed by atoms with E-state index in [0.29, 0.717) is 6.04 Å². The molecule has 3 fully saturated rings. The molecule has 2 aliphatic heterocycles. The lowest BCUT2D eigenvalue weighted by Crippen LogP contribution is -2.55. The van der Waals surface area contributed by atoms with E-state index < -0.39 is 0 Å². The first-order chi connectivity index (χ1) is 10.7.